The highest BCUT2D eigenvalue weighted by atomic mass is 16.7. The number of methoxy groups -OCH3 is 1. The number of nitrogens with one attached hydrogen (secondary N) is 1. The van der Waals surface area contributed by atoms with Crippen LogP contribution in [0.4, 0.5) is 5.82 Å². The molecule has 8 nitrogen and oxygen atoms in total. The lowest BCUT2D eigenvalue weighted by molar-refractivity contribution is -0.118. The molecule has 1 saturated carbocycles. The third kappa shape index (κ3) is 5.38. The average Bonchev–Trinajstić information content (AvgIpc) is 3.67. The standard InChI is InChI=1S/C32H37N3O5/c1-22-24(30(25-8-4-5-9-26(25)37-2)38-19-18-35-16-6-3-7-17-35)11-13-29(33-22)34-31(36)32(14-15-32)23-10-12-27-28(20-23)40-21-39-27/h4-5,8-13,20,30H,3,6-7,14-19,21H2,1-2H3,(H,33,34,36). The number of benzene rings is 2. The van der Waals surface area contributed by atoms with Crippen molar-refractivity contribution in [3.05, 3.63) is 77.0 Å². The van der Waals surface area contributed by atoms with Gasteiger partial charge in [-0.2, -0.15) is 0 Å². The number of likely N-dealkylation sites (tertiary alicyclic amines) is 1. The molecule has 1 N–H and O–H groups in total. The van der Waals surface area contributed by atoms with Gasteiger partial charge in [-0.1, -0.05) is 36.8 Å². The number of carbonyl (C=O) groups excluding carboxylic acids is 1. The second-order valence-electron chi connectivity index (χ2n) is 10.9. The third-order valence-corrected chi connectivity index (χ3v) is 8.32. The van der Waals surface area contributed by atoms with Crippen molar-refractivity contribution in [2.75, 3.05) is 45.5 Å². The van der Waals surface area contributed by atoms with E-state index < -0.39 is 5.41 Å². The van der Waals surface area contributed by atoms with E-state index in [-0.39, 0.29) is 18.8 Å². The van der Waals surface area contributed by atoms with E-state index in [1.54, 1.807) is 7.11 Å². The Bertz CT molecular complexity index is 1370. The van der Waals surface area contributed by atoms with Gasteiger partial charge < -0.3 is 29.2 Å². The summed E-state index contributed by atoms with van der Waals surface area (Å²) in [6.07, 6.45) is 5.06. The third-order valence-electron chi connectivity index (χ3n) is 8.32. The van der Waals surface area contributed by atoms with E-state index >= 15 is 0 Å². The molecule has 1 aromatic heterocycles. The summed E-state index contributed by atoms with van der Waals surface area (Å²) in [6, 6.07) is 17.6. The first-order valence-corrected chi connectivity index (χ1v) is 14.2. The van der Waals surface area contributed by atoms with E-state index in [9.17, 15) is 4.79 Å². The number of aryl methyl sites for hydroxylation is 1. The van der Waals surface area contributed by atoms with Crippen LogP contribution in [-0.2, 0) is 14.9 Å². The van der Waals surface area contributed by atoms with Gasteiger partial charge in [0.1, 0.15) is 17.7 Å². The van der Waals surface area contributed by atoms with E-state index in [2.05, 4.69) is 10.2 Å². The molecule has 3 aliphatic rings. The number of amides is 1. The van der Waals surface area contributed by atoms with Gasteiger partial charge >= 0.3 is 0 Å². The zero-order valence-electron chi connectivity index (χ0n) is 23.3. The monoisotopic (exact) mass is 543 g/mol. The quantitative estimate of drug-likeness (QED) is 0.367. The Balaban J connectivity index is 1.20. The minimum Gasteiger partial charge on any atom is -0.496 e. The molecule has 40 heavy (non-hydrogen) atoms. The SMILES string of the molecule is COc1ccccc1C(OCCN1CCCCC1)c1ccc(NC(=O)C2(c3ccc4c(c3)OCO4)CC2)nc1C. The fraction of sp³-hybridized carbons (Fsp3) is 0.438. The highest BCUT2D eigenvalue weighted by molar-refractivity contribution is 6.01. The number of piperidine rings is 1. The highest BCUT2D eigenvalue weighted by Gasteiger charge is 2.51. The number of pyridine rings is 1. The van der Waals surface area contributed by atoms with Crippen LogP contribution >= 0.6 is 0 Å². The van der Waals surface area contributed by atoms with Crippen LogP contribution in [0.2, 0.25) is 0 Å². The fourth-order valence-electron chi connectivity index (χ4n) is 5.83. The summed E-state index contributed by atoms with van der Waals surface area (Å²) in [6.45, 7) is 5.95. The minimum absolute atomic E-state index is 0.0509. The van der Waals surface area contributed by atoms with Crippen molar-refractivity contribution < 1.29 is 23.7 Å². The molecular formula is C32H37N3O5. The summed E-state index contributed by atoms with van der Waals surface area (Å²) in [5, 5.41) is 3.07. The number of rotatable bonds is 10. The molecule has 3 heterocycles. The van der Waals surface area contributed by atoms with Crippen molar-refractivity contribution in [1.82, 2.24) is 9.88 Å². The summed E-state index contributed by atoms with van der Waals surface area (Å²) in [7, 11) is 1.68. The lowest BCUT2D eigenvalue weighted by Gasteiger charge is -2.28. The number of nitrogens with zero attached hydrogens (tertiary/aromatic N) is 2. The second kappa shape index (κ2) is 11.5. The van der Waals surface area contributed by atoms with Crippen LogP contribution in [0.5, 0.6) is 17.2 Å². The highest BCUT2D eigenvalue weighted by Crippen LogP contribution is 2.51. The zero-order chi connectivity index (χ0) is 27.5. The van der Waals surface area contributed by atoms with E-state index in [1.165, 1.54) is 19.3 Å². The molecule has 2 fully saturated rings. The summed E-state index contributed by atoms with van der Waals surface area (Å²) in [4.78, 5) is 20.7. The molecule has 8 heteroatoms. The van der Waals surface area contributed by atoms with E-state index in [0.717, 1.165) is 66.4 Å². The maximum atomic E-state index is 13.5. The van der Waals surface area contributed by atoms with Crippen LogP contribution in [0.15, 0.2) is 54.6 Å². The average molecular weight is 544 g/mol. The first kappa shape index (κ1) is 26.6. The normalized spacial score (nSPS) is 18.2. The van der Waals surface area contributed by atoms with Crippen molar-refractivity contribution in [2.45, 2.75) is 50.5 Å². The molecule has 2 aliphatic heterocycles. The van der Waals surface area contributed by atoms with Gasteiger partial charge in [0.15, 0.2) is 11.5 Å². The molecule has 210 valence electrons. The maximum Gasteiger partial charge on any atom is 0.236 e. The number of hydrogen-bond acceptors (Lipinski definition) is 7. The molecule has 0 spiro atoms. The molecule has 1 saturated heterocycles. The zero-order valence-corrected chi connectivity index (χ0v) is 23.3. The van der Waals surface area contributed by atoms with Gasteiger partial charge in [0.25, 0.3) is 0 Å². The second-order valence-corrected chi connectivity index (χ2v) is 10.9. The molecule has 3 aromatic rings. The predicted octanol–water partition coefficient (Wildman–Crippen LogP) is 5.39. The number of fused-ring (bicyclic) bond motifs is 1. The largest absolute Gasteiger partial charge is 0.496 e. The van der Waals surface area contributed by atoms with Crippen LogP contribution in [0, 0.1) is 6.92 Å². The van der Waals surface area contributed by atoms with Crippen LogP contribution < -0.4 is 19.5 Å². The van der Waals surface area contributed by atoms with Gasteiger partial charge in [0.2, 0.25) is 12.7 Å². The predicted molar refractivity (Wildman–Crippen MR) is 152 cm³/mol. The molecule has 1 aliphatic carbocycles. The number of aromatic nitrogens is 1. The molecule has 2 aromatic carbocycles. The van der Waals surface area contributed by atoms with Gasteiger partial charge in [-0.25, -0.2) is 4.98 Å². The van der Waals surface area contributed by atoms with Crippen molar-refractivity contribution >= 4 is 11.7 Å². The number of para-hydroxylation sites is 1. The Labute approximate surface area is 235 Å². The Hall–Kier alpha value is -3.62. The molecular weight excluding hydrogens is 506 g/mol. The summed E-state index contributed by atoms with van der Waals surface area (Å²) < 4.78 is 23.2. The lowest BCUT2D eigenvalue weighted by atomic mass is 9.94. The molecule has 1 amide bonds. The fourth-order valence-corrected chi connectivity index (χ4v) is 5.83. The molecule has 0 radical (unpaired) electrons. The van der Waals surface area contributed by atoms with Crippen LogP contribution in [0.3, 0.4) is 0 Å². The summed E-state index contributed by atoms with van der Waals surface area (Å²) in [5.41, 5.74) is 3.11. The first-order valence-electron chi connectivity index (χ1n) is 14.2. The first-order chi connectivity index (χ1) is 19.6. The number of ether oxygens (including phenoxy) is 4. The molecule has 1 atom stereocenters. The van der Waals surface area contributed by atoms with Crippen molar-refractivity contribution in [1.29, 1.82) is 0 Å². The number of anilines is 1. The Morgan fingerprint density at radius 1 is 1.02 bits per heavy atom. The Morgan fingerprint density at radius 2 is 1.82 bits per heavy atom. The number of carbonyl (C=O) groups is 1. The van der Waals surface area contributed by atoms with Crippen LogP contribution in [0.1, 0.15) is 60.6 Å². The summed E-state index contributed by atoms with van der Waals surface area (Å²) >= 11 is 0. The van der Waals surface area contributed by atoms with Crippen molar-refractivity contribution in [3.8, 4) is 17.2 Å². The van der Waals surface area contributed by atoms with E-state index in [1.807, 2.05) is 61.5 Å². The minimum atomic E-state index is -0.563. The molecule has 6 rings (SSSR count). The van der Waals surface area contributed by atoms with Crippen molar-refractivity contribution in [2.24, 2.45) is 0 Å². The topological polar surface area (TPSA) is 82.2 Å². The lowest BCUT2D eigenvalue weighted by Crippen LogP contribution is -2.33. The van der Waals surface area contributed by atoms with E-state index in [0.29, 0.717) is 18.2 Å². The Kier molecular flexibility index (Phi) is 7.63. The van der Waals surface area contributed by atoms with Gasteiger partial charge in [-0.15, -0.1) is 0 Å². The van der Waals surface area contributed by atoms with Crippen LogP contribution in [0.25, 0.3) is 0 Å². The van der Waals surface area contributed by atoms with Crippen LogP contribution in [-0.4, -0.2) is 55.9 Å². The number of hydrogen-bond donors (Lipinski definition) is 1. The van der Waals surface area contributed by atoms with Gasteiger partial charge in [0, 0.05) is 23.4 Å². The smallest absolute Gasteiger partial charge is 0.236 e. The summed E-state index contributed by atoms with van der Waals surface area (Å²) in [5.74, 6) is 2.67. The van der Waals surface area contributed by atoms with Gasteiger partial charge in [-0.3, -0.25) is 4.79 Å². The molecule has 0 bridgehead atoms. The van der Waals surface area contributed by atoms with Gasteiger partial charge in [-0.05, 0) is 75.5 Å². The maximum absolute atomic E-state index is 13.5. The molecule has 1 unspecified atom stereocenters. The Morgan fingerprint density at radius 3 is 2.60 bits per heavy atom. The van der Waals surface area contributed by atoms with Gasteiger partial charge in [0.05, 0.1) is 19.1 Å². The van der Waals surface area contributed by atoms with E-state index in [4.69, 9.17) is 23.9 Å². The van der Waals surface area contributed by atoms with Crippen molar-refractivity contribution in [3.63, 3.8) is 0 Å².